The first-order chi connectivity index (χ1) is 8.69. The lowest BCUT2D eigenvalue weighted by atomic mass is 10.2. The minimum atomic E-state index is -0.434. The molecule has 1 heterocycles. The molecule has 0 spiro atoms. The van der Waals surface area contributed by atoms with Gasteiger partial charge in [-0.15, -0.1) is 0 Å². The minimum Gasteiger partial charge on any atom is -0.395 e. The van der Waals surface area contributed by atoms with Crippen LogP contribution in [-0.2, 0) is 9.53 Å². The molecule has 1 aliphatic heterocycles. The van der Waals surface area contributed by atoms with Crippen molar-refractivity contribution in [2.24, 2.45) is 0 Å². The number of nitrogens with one attached hydrogen (secondary N) is 2. The smallest absolute Gasteiger partial charge is 0.321 e. The summed E-state index contributed by atoms with van der Waals surface area (Å²) in [5.74, 6) is -0.353. The molecule has 2 rings (SSSR count). The number of nitrogens with zero attached hydrogens (tertiary/aromatic N) is 1. The summed E-state index contributed by atoms with van der Waals surface area (Å²) in [4.78, 5) is 24.8. The van der Waals surface area contributed by atoms with Crippen LogP contribution in [0, 0.1) is 0 Å². The molecule has 1 saturated heterocycles. The molecule has 0 aromatic heterocycles. The highest BCUT2D eigenvalue weighted by Gasteiger charge is 2.26. The van der Waals surface area contributed by atoms with Crippen molar-refractivity contribution in [3.8, 4) is 0 Å². The molecule has 1 saturated carbocycles. The zero-order chi connectivity index (χ0) is 13.0. The standard InChI is InChI=1S/C11H19N3O4/c15-6-9-7-18-4-3-14(9)5-10(16)13-11(17)12-8-1-2-8/h8-9,15H,1-7H2,(H2,12,13,16,17). The zero-order valence-corrected chi connectivity index (χ0v) is 10.2. The Bertz CT molecular complexity index is 319. The Balaban J connectivity index is 1.72. The maximum Gasteiger partial charge on any atom is 0.321 e. The Morgan fingerprint density at radius 3 is 2.83 bits per heavy atom. The summed E-state index contributed by atoms with van der Waals surface area (Å²) < 4.78 is 5.21. The molecule has 1 aliphatic carbocycles. The summed E-state index contributed by atoms with van der Waals surface area (Å²) in [6, 6.07) is -0.376. The third-order valence-electron chi connectivity index (χ3n) is 3.07. The number of imide groups is 1. The first kappa shape index (κ1) is 13.3. The lowest BCUT2D eigenvalue weighted by Crippen LogP contribution is -2.52. The molecule has 1 atom stereocenters. The van der Waals surface area contributed by atoms with Crippen LogP contribution in [0.3, 0.4) is 0 Å². The number of carbonyl (C=O) groups excluding carboxylic acids is 2. The van der Waals surface area contributed by atoms with Crippen molar-refractivity contribution in [2.75, 3.05) is 32.9 Å². The van der Waals surface area contributed by atoms with Crippen molar-refractivity contribution < 1.29 is 19.4 Å². The summed E-state index contributed by atoms with van der Waals surface area (Å²) in [7, 11) is 0. The van der Waals surface area contributed by atoms with Gasteiger partial charge in [0.05, 0.1) is 32.4 Å². The number of rotatable bonds is 4. The van der Waals surface area contributed by atoms with Gasteiger partial charge in [-0.2, -0.15) is 0 Å². The Hall–Kier alpha value is -1.18. The van der Waals surface area contributed by atoms with E-state index in [2.05, 4.69) is 10.6 Å². The van der Waals surface area contributed by atoms with E-state index in [4.69, 9.17) is 9.84 Å². The first-order valence-corrected chi connectivity index (χ1v) is 6.22. The van der Waals surface area contributed by atoms with Gasteiger partial charge in [0.1, 0.15) is 0 Å². The predicted molar refractivity (Wildman–Crippen MR) is 63.0 cm³/mol. The van der Waals surface area contributed by atoms with Crippen LogP contribution < -0.4 is 10.6 Å². The average molecular weight is 257 g/mol. The molecule has 0 aromatic rings. The van der Waals surface area contributed by atoms with Crippen molar-refractivity contribution in [2.45, 2.75) is 24.9 Å². The van der Waals surface area contributed by atoms with E-state index < -0.39 is 6.03 Å². The minimum absolute atomic E-state index is 0.0540. The maximum absolute atomic E-state index is 11.6. The number of hydrogen-bond donors (Lipinski definition) is 3. The van der Waals surface area contributed by atoms with E-state index in [-0.39, 0.29) is 31.1 Å². The van der Waals surface area contributed by atoms with Crippen molar-refractivity contribution in [1.29, 1.82) is 0 Å². The molecule has 0 aromatic carbocycles. The van der Waals surface area contributed by atoms with E-state index in [1.165, 1.54) is 0 Å². The fourth-order valence-corrected chi connectivity index (χ4v) is 1.87. The number of ether oxygens (including phenoxy) is 1. The largest absolute Gasteiger partial charge is 0.395 e. The summed E-state index contributed by atoms with van der Waals surface area (Å²) in [6.45, 7) is 1.59. The number of morpholine rings is 1. The van der Waals surface area contributed by atoms with Crippen LogP contribution in [-0.4, -0.2) is 66.9 Å². The first-order valence-electron chi connectivity index (χ1n) is 6.22. The fraction of sp³-hybridized carbons (Fsp3) is 0.818. The van der Waals surface area contributed by atoms with Gasteiger partial charge in [-0.1, -0.05) is 0 Å². The topological polar surface area (TPSA) is 90.9 Å². The lowest BCUT2D eigenvalue weighted by Gasteiger charge is -2.33. The van der Waals surface area contributed by atoms with E-state index in [0.717, 1.165) is 12.8 Å². The summed E-state index contributed by atoms with van der Waals surface area (Å²) in [6.07, 6.45) is 1.97. The van der Waals surface area contributed by atoms with Crippen LogP contribution in [0.25, 0.3) is 0 Å². The zero-order valence-electron chi connectivity index (χ0n) is 10.2. The van der Waals surface area contributed by atoms with E-state index in [0.29, 0.717) is 19.8 Å². The molecule has 2 fully saturated rings. The second-order valence-corrected chi connectivity index (χ2v) is 4.68. The molecular formula is C11H19N3O4. The number of urea groups is 1. The van der Waals surface area contributed by atoms with Crippen LogP contribution in [0.2, 0.25) is 0 Å². The normalized spacial score (nSPS) is 24.6. The number of amides is 3. The third-order valence-corrected chi connectivity index (χ3v) is 3.07. The van der Waals surface area contributed by atoms with Gasteiger partial charge in [0.15, 0.2) is 0 Å². The number of hydrogen-bond acceptors (Lipinski definition) is 5. The van der Waals surface area contributed by atoms with Gasteiger partial charge >= 0.3 is 6.03 Å². The van der Waals surface area contributed by atoms with E-state index in [9.17, 15) is 9.59 Å². The second-order valence-electron chi connectivity index (χ2n) is 4.68. The molecule has 18 heavy (non-hydrogen) atoms. The summed E-state index contributed by atoms with van der Waals surface area (Å²) in [5, 5.41) is 14.1. The highest BCUT2D eigenvalue weighted by molar-refractivity contribution is 5.95. The van der Waals surface area contributed by atoms with Crippen LogP contribution in [0.15, 0.2) is 0 Å². The van der Waals surface area contributed by atoms with Crippen LogP contribution in [0.1, 0.15) is 12.8 Å². The Morgan fingerprint density at radius 2 is 2.17 bits per heavy atom. The van der Waals surface area contributed by atoms with Gasteiger partial charge in [0.2, 0.25) is 5.91 Å². The third kappa shape index (κ3) is 3.94. The van der Waals surface area contributed by atoms with Crippen LogP contribution in [0.5, 0.6) is 0 Å². The highest BCUT2D eigenvalue weighted by Crippen LogP contribution is 2.18. The summed E-state index contributed by atoms with van der Waals surface area (Å²) >= 11 is 0. The molecule has 1 unspecified atom stereocenters. The van der Waals surface area contributed by atoms with Gasteiger partial charge in [-0.3, -0.25) is 15.0 Å². The Morgan fingerprint density at radius 1 is 1.39 bits per heavy atom. The molecule has 7 nitrogen and oxygen atoms in total. The quantitative estimate of drug-likeness (QED) is 0.580. The van der Waals surface area contributed by atoms with Gasteiger partial charge < -0.3 is 15.2 Å². The molecule has 3 amide bonds. The van der Waals surface area contributed by atoms with Crippen molar-refractivity contribution in [3.05, 3.63) is 0 Å². The second kappa shape index (κ2) is 6.12. The predicted octanol–water partition coefficient (Wildman–Crippen LogP) is -1.33. The van der Waals surface area contributed by atoms with Gasteiger partial charge in [0.25, 0.3) is 0 Å². The van der Waals surface area contributed by atoms with Gasteiger partial charge in [-0.05, 0) is 12.8 Å². The molecule has 3 N–H and O–H groups in total. The van der Waals surface area contributed by atoms with Gasteiger partial charge in [0, 0.05) is 12.6 Å². The lowest BCUT2D eigenvalue weighted by molar-refractivity contribution is -0.124. The Kier molecular flexibility index (Phi) is 4.51. The van der Waals surface area contributed by atoms with Crippen LogP contribution in [0.4, 0.5) is 4.79 Å². The SMILES string of the molecule is O=C(CN1CCOCC1CO)NC(=O)NC1CC1. The summed E-state index contributed by atoms with van der Waals surface area (Å²) in [5.41, 5.74) is 0. The van der Waals surface area contributed by atoms with Crippen molar-refractivity contribution >= 4 is 11.9 Å². The molecule has 7 heteroatoms. The van der Waals surface area contributed by atoms with Crippen molar-refractivity contribution in [3.63, 3.8) is 0 Å². The molecule has 0 radical (unpaired) electrons. The average Bonchev–Trinajstić information content (AvgIpc) is 3.13. The molecule has 102 valence electrons. The number of aliphatic hydroxyl groups excluding tert-OH is 1. The van der Waals surface area contributed by atoms with E-state index in [1.54, 1.807) is 0 Å². The van der Waals surface area contributed by atoms with Crippen LogP contribution >= 0.6 is 0 Å². The molecular weight excluding hydrogens is 238 g/mol. The molecule has 2 aliphatic rings. The molecule has 0 bridgehead atoms. The van der Waals surface area contributed by atoms with E-state index >= 15 is 0 Å². The number of carbonyl (C=O) groups is 2. The maximum atomic E-state index is 11.6. The Labute approximate surface area is 105 Å². The fourth-order valence-electron chi connectivity index (χ4n) is 1.87. The van der Waals surface area contributed by atoms with Crippen molar-refractivity contribution in [1.82, 2.24) is 15.5 Å². The van der Waals surface area contributed by atoms with Gasteiger partial charge in [-0.25, -0.2) is 4.79 Å². The highest BCUT2D eigenvalue weighted by atomic mass is 16.5. The monoisotopic (exact) mass is 257 g/mol. The van der Waals surface area contributed by atoms with E-state index in [1.807, 2.05) is 4.90 Å². The number of aliphatic hydroxyl groups is 1.